The number of likely N-dealkylation sites (N-methyl/N-ethyl adjacent to an activating group) is 1. The third-order valence-electron chi connectivity index (χ3n) is 5.24. The van der Waals surface area contributed by atoms with Gasteiger partial charge in [-0.2, -0.15) is 5.10 Å². The number of carbonyl (C=O) groups excluding carboxylic acids is 1. The number of aromatic nitrogens is 2. The predicted molar refractivity (Wildman–Crippen MR) is 111 cm³/mol. The third kappa shape index (κ3) is 3.97. The first-order valence-electron chi connectivity index (χ1n) is 9.76. The number of hydrogen-bond donors (Lipinski definition) is 0. The molecule has 6 heteroatoms. The van der Waals surface area contributed by atoms with Crippen molar-refractivity contribution in [1.82, 2.24) is 14.7 Å². The van der Waals surface area contributed by atoms with Crippen LogP contribution in [0.1, 0.15) is 17.0 Å². The normalized spacial score (nSPS) is 15.2. The van der Waals surface area contributed by atoms with Gasteiger partial charge in [-0.05, 0) is 38.1 Å². The number of nitrogens with zero attached hydrogens (tertiary/aromatic N) is 3. The van der Waals surface area contributed by atoms with Crippen LogP contribution in [0.15, 0.2) is 54.6 Å². The summed E-state index contributed by atoms with van der Waals surface area (Å²) in [6.45, 7) is 4.85. The molecule has 0 fully saturated rings. The van der Waals surface area contributed by atoms with Gasteiger partial charge >= 0.3 is 0 Å². The Bertz CT molecular complexity index is 1010. The molecule has 150 valence electrons. The molecule has 1 aliphatic rings. The van der Waals surface area contributed by atoms with Gasteiger partial charge in [0.15, 0.2) is 17.6 Å². The van der Waals surface area contributed by atoms with E-state index in [0.29, 0.717) is 19.6 Å². The van der Waals surface area contributed by atoms with Gasteiger partial charge in [0.25, 0.3) is 0 Å². The van der Waals surface area contributed by atoms with Crippen LogP contribution in [-0.2, 0) is 11.2 Å². The van der Waals surface area contributed by atoms with Gasteiger partial charge in [0.2, 0.25) is 5.91 Å². The van der Waals surface area contributed by atoms with E-state index in [1.807, 2.05) is 73.1 Å². The molecule has 0 aliphatic carbocycles. The highest BCUT2D eigenvalue weighted by molar-refractivity contribution is 5.79. The number of fused-ring (bicyclic) bond motifs is 1. The topological polar surface area (TPSA) is 56.6 Å². The van der Waals surface area contributed by atoms with E-state index >= 15 is 0 Å². The van der Waals surface area contributed by atoms with Gasteiger partial charge in [-0.25, -0.2) is 4.68 Å². The summed E-state index contributed by atoms with van der Waals surface area (Å²) in [6, 6.07) is 17.6. The second-order valence-corrected chi connectivity index (χ2v) is 7.35. The quantitative estimate of drug-likeness (QED) is 0.669. The first-order valence-corrected chi connectivity index (χ1v) is 9.76. The van der Waals surface area contributed by atoms with Crippen LogP contribution in [-0.4, -0.2) is 46.9 Å². The SMILES string of the molecule is Cc1nn(-c2ccccc2)c(C)c1CC(=O)N(C)C[C@@H]1COc2ccccc2O1. The van der Waals surface area contributed by atoms with Crippen LogP contribution in [0.3, 0.4) is 0 Å². The summed E-state index contributed by atoms with van der Waals surface area (Å²) in [7, 11) is 1.80. The molecule has 1 aliphatic heterocycles. The number of amides is 1. The number of hydrogen-bond acceptors (Lipinski definition) is 4. The Kier molecular flexibility index (Phi) is 5.25. The molecule has 0 radical (unpaired) electrons. The zero-order chi connectivity index (χ0) is 20.4. The second-order valence-electron chi connectivity index (χ2n) is 7.35. The lowest BCUT2D eigenvalue weighted by atomic mass is 10.1. The Labute approximate surface area is 170 Å². The van der Waals surface area contributed by atoms with Gasteiger partial charge in [0.05, 0.1) is 24.3 Å². The Hall–Kier alpha value is -3.28. The molecule has 0 N–H and O–H groups in total. The summed E-state index contributed by atoms with van der Waals surface area (Å²) in [5, 5.41) is 4.63. The summed E-state index contributed by atoms with van der Waals surface area (Å²) in [6.07, 6.45) is 0.124. The van der Waals surface area contributed by atoms with E-state index < -0.39 is 0 Å². The van der Waals surface area contributed by atoms with Crippen molar-refractivity contribution in [2.45, 2.75) is 26.4 Å². The van der Waals surface area contributed by atoms with Crippen LogP contribution in [0.5, 0.6) is 11.5 Å². The maximum Gasteiger partial charge on any atom is 0.227 e. The average molecular weight is 391 g/mol. The van der Waals surface area contributed by atoms with Gasteiger partial charge in [-0.1, -0.05) is 30.3 Å². The Morgan fingerprint density at radius 1 is 1.10 bits per heavy atom. The fraction of sp³-hybridized carbons (Fsp3) is 0.304. The van der Waals surface area contributed by atoms with Crippen LogP contribution >= 0.6 is 0 Å². The van der Waals surface area contributed by atoms with Crippen molar-refractivity contribution >= 4 is 5.91 Å². The summed E-state index contributed by atoms with van der Waals surface area (Å²) >= 11 is 0. The molecule has 6 nitrogen and oxygen atoms in total. The molecular formula is C23H25N3O3. The van der Waals surface area contributed by atoms with E-state index in [1.54, 1.807) is 11.9 Å². The minimum Gasteiger partial charge on any atom is -0.486 e. The molecule has 2 heterocycles. The van der Waals surface area contributed by atoms with Crippen LogP contribution < -0.4 is 9.47 Å². The highest BCUT2D eigenvalue weighted by atomic mass is 16.6. The Morgan fingerprint density at radius 3 is 2.55 bits per heavy atom. The molecule has 1 aromatic heterocycles. The largest absolute Gasteiger partial charge is 0.486 e. The number of rotatable bonds is 5. The van der Waals surface area contributed by atoms with Crippen LogP contribution in [0, 0.1) is 13.8 Å². The van der Waals surface area contributed by atoms with Crippen molar-refractivity contribution in [2.24, 2.45) is 0 Å². The molecule has 0 unspecified atom stereocenters. The molecule has 1 atom stereocenters. The summed E-state index contributed by atoms with van der Waals surface area (Å²) in [5.74, 6) is 1.50. The maximum absolute atomic E-state index is 12.9. The summed E-state index contributed by atoms with van der Waals surface area (Å²) in [5.41, 5.74) is 3.82. The highest BCUT2D eigenvalue weighted by Crippen LogP contribution is 2.31. The van der Waals surface area contributed by atoms with Gasteiger partial charge in [-0.3, -0.25) is 4.79 Å². The molecule has 0 saturated carbocycles. The smallest absolute Gasteiger partial charge is 0.227 e. The van der Waals surface area contributed by atoms with Crippen molar-refractivity contribution in [2.75, 3.05) is 20.2 Å². The number of para-hydroxylation sites is 3. The molecule has 0 bridgehead atoms. The van der Waals surface area contributed by atoms with Crippen LogP contribution in [0.2, 0.25) is 0 Å². The zero-order valence-corrected chi connectivity index (χ0v) is 17.0. The molecule has 2 aromatic carbocycles. The predicted octanol–water partition coefficient (Wildman–Crippen LogP) is 3.33. The second kappa shape index (κ2) is 7.99. The van der Waals surface area contributed by atoms with Crippen molar-refractivity contribution in [3.63, 3.8) is 0 Å². The first-order chi connectivity index (χ1) is 14.0. The van der Waals surface area contributed by atoms with Crippen molar-refractivity contribution in [1.29, 1.82) is 0 Å². The lowest BCUT2D eigenvalue weighted by molar-refractivity contribution is -0.130. The standard InChI is InChI=1S/C23H25N3O3/c1-16-20(17(2)26(24-16)18-9-5-4-6-10-18)13-23(27)25(3)14-19-15-28-21-11-7-8-12-22(21)29-19/h4-12,19H,13-15H2,1-3H3/t19-/m1/s1. The monoisotopic (exact) mass is 391 g/mol. The van der Waals surface area contributed by atoms with E-state index in [1.165, 1.54) is 0 Å². The zero-order valence-electron chi connectivity index (χ0n) is 17.0. The number of aryl methyl sites for hydroxylation is 1. The molecule has 3 aromatic rings. The lowest BCUT2D eigenvalue weighted by Crippen LogP contribution is -2.42. The van der Waals surface area contributed by atoms with Crippen LogP contribution in [0.25, 0.3) is 5.69 Å². The van der Waals surface area contributed by atoms with Gasteiger partial charge in [0.1, 0.15) is 6.61 Å². The molecule has 4 rings (SSSR count). The van der Waals surface area contributed by atoms with Crippen molar-refractivity contribution in [3.8, 4) is 17.2 Å². The minimum atomic E-state index is -0.187. The number of ether oxygens (including phenoxy) is 2. The van der Waals surface area contributed by atoms with E-state index in [4.69, 9.17) is 9.47 Å². The fourth-order valence-electron chi connectivity index (χ4n) is 3.60. The van der Waals surface area contributed by atoms with E-state index in [0.717, 1.165) is 34.1 Å². The molecule has 0 spiro atoms. The number of carbonyl (C=O) groups is 1. The number of benzene rings is 2. The van der Waals surface area contributed by atoms with Gasteiger partial charge in [-0.15, -0.1) is 0 Å². The van der Waals surface area contributed by atoms with Gasteiger partial charge in [0, 0.05) is 18.3 Å². The van der Waals surface area contributed by atoms with E-state index in [-0.39, 0.29) is 12.0 Å². The van der Waals surface area contributed by atoms with E-state index in [9.17, 15) is 4.79 Å². The lowest BCUT2D eigenvalue weighted by Gasteiger charge is -2.29. The van der Waals surface area contributed by atoms with Crippen molar-refractivity contribution in [3.05, 3.63) is 71.5 Å². The Balaban J connectivity index is 1.43. The highest BCUT2D eigenvalue weighted by Gasteiger charge is 2.25. The minimum absolute atomic E-state index is 0.0336. The fourth-order valence-corrected chi connectivity index (χ4v) is 3.60. The first kappa shape index (κ1) is 19.1. The third-order valence-corrected chi connectivity index (χ3v) is 5.24. The molecule has 29 heavy (non-hydrogen) atoms. The van der Waals surface area contributed by atoms with Crippen LogP contribution in [0.4, 0.5) is 0 Å². The average Bonchev–Trinajstić information content (AvgIpc) is 3.02. The maximum atomic E-state index is 12.9. The molecule has 0 saturated heterocycles. The molecule has 1 amide bonds. The van der Waals surface area contributed by atoms with Gasteiger partial charge < -0.3 is 14.4 Å². The Morgan fingerprint density at radius 2 is 1.79 bits per heavy atom. The summed E-state index contributed by atoms with van der Waals surface area (Å²) < 4.78 is 13.6. The molecular weight excluding hydrogens is 366 g/mol. The summed E-state index contributed by atoms with van der Waals surface area (Å²) in [4.78, 5) is 14.6. The van der Waals surface area contributed by atoms with E-state index in [2.05, 4.69) is 5.10 Å². The van der Waals surface area contributed by atoms with Crippen molar-refractivity contribution < 1.29 is 14.3 Å².